The lowest BCUT2D eigenvalue weighted by atomic mass is 10.2. The smallest absolute Gasteiger partial charge is 0.316 e. The van der Waals surface area contributed by atoms with Gasteiger partial charge in [0.1, 0.15) is 0 Å². The van der Waals surface area contributed by atoms with Crippen molar-refractivity contribution in [2.45, 2.75) is 31.6 Å². The summed E-state index contributed by atoms with van der Waals surface area (Å²) in [5.74, 6) is -0.595. The Hall–Kier alpha value is -1.54. The molecule has 0 saturated carbocycles. The van der Waals surface area contributed by atoms with Gasteiger partial charge in [0.15, 0.2) is 15.9 Å². The molecule has 1 N–H and O–H groups in total. The maximum atomic E-state index is 12.0. The van der Waals surface area contributed by atoms with Gasteiger partial charge >= 0.3 is 5.97 Å². The number of amides is 1. The molecule has 0 bridgehead atoms. The van der Waals surface area contributed by atoms with Gasteiger partial charge in [0.25, 0.3) is 5.91 Å². The molecule has 1 aliphatic heterocycles. The minimum Gasteiger partial charge on any atom is -0.452 e. The highest BCUT2D eigenvalue weighted by Crippen LogP contribution is 2.24. The first-order valence-corrected chi connectivity index (χ1v) is 10.5. The SMILES string of the molecule is Cc1ccc(NC(=O)[C@@H](C)OC(=O)CS[C@@H]2CCS(=O)(=O)C2)cc1. The average molecular weight is 371 g/mol. The van der Waals surface area contributed by atoms with Crippen molar-refractivity contribution in [3.8, 4) is 0 Å². The van der Waals surface area contributed by atoms with Gasteiger partial charge in [-0.1, -0.05) is 17.7 Å². The molecule has 2 atom stereocenters. The van der Waals surface area contributed by atoms with Crippen molar-refractivity contribution in [3.63, 3.8) is 0 Å². The lowest BCUT2D eigenvalue weighted by Crippen LogP contribution is -2.30. The predicted molar refractivity (Wildman–Crippen MR) is 94.9 cm³/mol. The molecule has 8 heteroatoms. The number of aryl methyl sites for hydroxylation is 1. The molecule has 1 aromatic carbocycles. The number of hydrogen-bond acceptors (Lipinski definition) is 6. The Morgan fingerprint density at radius 1 is 1.33 bits per heavy atom. The highest BCUT2D eigenvalue weighted by Gasteiger charge is 2.29. The van der Waals surface area contributed by atoms with Gasteiger partial charge in [0.05, 0.1) is 17.3 Å². The van der Waals surface area contributed by atoms with Crippen LogP contribution in [0.3, 0.4) is 0 Å². The molecule has 1 aromatic rings. The zero-order chi connectivity index (χ0) is 17.7. The average Bonchev–Trinajstić information content (AvgIpc) is 2.86. The molecule has 0 aliphatic carbocycles. The molecule has 0 spiro atoms. The van der Waals surface area contributed by atoms with Gasteiger partial charge in [-0.2, -0.15) is 0 Å². The monoisotopic (exact) mass is 371 g/mol. The first-order chi connectivity index (χ1) is 11.2. The van der Waals surface area contributed by atoms with Crippen LogP contribution in [-0.4, -0.2) is 48.9 Å². The zero-order valence-corrected chi connectivity index (χ0v) is 15.3. The molecule has 6 nitrogen and oxygen atoms in total. The summed E-state index contributed by atoms with van der Waals surface area (Å²) in [4.78, 5) is 23.8. The summed E-state index contributed by atoms with van der Waals surface area (Å²) in [5.41, 5.74) is 1.72. The van der Waals surface area contributed by atoms with Crippen molar-refractivity contribution >= 4 is 39.2 Å². The van der Waals surface area contributed by atoms with Crippen molar-refractivity contribution in [1.82, 2.24) is 0 Å². The van der Waals surface area contributed by atoms with Crippen LogP contribution in [0.25, 0.3) is 0 Å². The lowest BCUT2D eigenvalue weighted by Gasteiger charge is -2.14. The molecule has 1 amide bonds. The molecule has 0 aromatic heterocycles. The number of rotatable bonds is 6. The van der Waals surface area contributed by atoms with Gasteiger partial charge in [-0.25, -0.2) is 8.42 Å². The number of benzene rings is 1. The van der Waals surface area contributed by atoms with Crippen LogP contribution in [0.2, 0.25) is 0 Å². The van der Waals surface area contributed by atoms with Crippen LogP contribution in [0.1, 0.15) is 18.9 Å². The van der Waals surface area contributed by atoms with Crippen LogP contribution < -0.4 is 5.32 Å². The molecule has 1 heterocycles. The van der Waals surface area contributed by atoms with E-state index >= 15 is 0 Å². The second-order valence-electron chi connectivity index (χ2n) is 5.82. The van der Waals surface area contributed by atoms with E-state index in [1.54, 1.807) is 12.1 Å². The second kappa shape index (κ2) is 8.02. The third kappa shape index (κ3) is 5.83. The molecular formula is C16H21NO5S2. The molecule has 24 heavy (non-hydrogen) atoms. The first kappa shape index (κ1) is 18.8. The van der Waals surface area contributed by atoms with Gasteiger partial charge in [-0.05, 0) is 32.4 Å². The van der Waals surface area contributed by atoms with E-state index < -0.39 is 27.8 Å². The van der Waals surface area contributed by atoms with E-state index in [1.807, 2.05) is 19.1 Å². The van der Waals surface area contributed by atoms with Crippen LogP contribution in [0.5, 0.6) is 0 Å². The number of ether oxygens (including phenoxy) is 1. The highest BCUT2D eigenvalue weighted by molar-refractivity contribution is 8.02. The Bertz CT molecular complexity index is 700. The number of carbonyl (C=O) groups is 2. The number of nitrogens with one attached hydrogen (secondary N) is 1. The van der Waals surface area contributed by atoms with Crippen molar-refractivity contribution < 1.29 is 22.7 Å². The third-order valence-electron chi connectivity index (χ3n) is 3.62. The third-order valence-corrected chi connectivity index (χ3v) is 6.88. The van der Waals surface area contributed by atoms with E-state index in [-0.39, 0.29) is 22.5 Å². The predicted octanol–water partition coefficient (Wildman–Crippen LogP) is 1.79. The number of anilines is 1. The largest absolute Gasteiger partial charge is 0.452 e. The topological polar surface area (TPSA) is 89.5 Å². The van der Waals surface area contributed by atoms with Gasteiger partial charge in [0, 0.05) is 10.9 Å². The van der Waals surface area contributed by atoms with E-state index in [0.717, 1.165) is 5.56 Å². The Labute approximate surface area is 146 Å². The number of hydrogen-bond donors (Lipinski definition) is 1. The molecular weight excluding hydrogens is 350 g/mol. The maximum Gasteiger partial charge on any atom is 0.316 e. The summed E-state index contributed by atoms with van der Waals surface area (Å²) in [5, 5.41) is 2.61. The highest BCUT2D eigenvalue weighted by atomic mass is 32.2. The lowest BCUT2D eigenvalue weighted by molar-refractivity contribution is -0.150. The summed E-state index contributed by atoms with van der Waals surface area (Å²) in [6.45, 7) is 3.45. The normalized spacial score (nSPS) is 20.3. The summed E-state index contributed by atoms with van der Waals surface area (Å²) >= 11 is 1.27. The minimum absolute atomic E-state index is 0.0440. The Morgan fingerprint density at radius 2 is 2.00 bits per heavy atom. The summed E-state index contributed by atoms with van der Waals surface area (Å²) in [7, 11) is -2.95. The standard InChI is InChI=1S/C16H21NO5S2/c1-11-3-5-13(6-4-11)17-16(19)12(2)22-15(18)9-23-14-7-8-24(20,21)10-14/h3-6,12,14H,7-10H2,1-2H3,(H,17,19)/t12-,14-/m1/s1. The Balaban J connectivity index is 1.74. The quantitative estimate of drug-likeness (QED) is 0.767. The van der Waals surface area contributed by atoms with Crippen LogP contribution in [0, 0.1) is 6.92 Å². The van der Waals surface area contributed by atoms with Crippen LogP contribution in [-0.2, 0) is 24.2 Å². The number of carbonyl (C=O) groups excluding carboxylic acids is 2. The molecule has 0 unspecified atom stereocenters. The van der Waals surface area contributed by atoms with Crippen LogP contribution >= 0.6 is 11.8 Å². The summed E-state index contributed by atoms with van der Waals surface area (Å²) in [6.07, 6.45) is -0.351. The van der Waals surface area contributed by atoms with Gasteiger partial charge in [0.2, 0.25) is 0 Å². The van der Waals surface area contributed by atoms with E-state index in [1.165, 1.54) is 18.7 Å². The number of esters is 1. The van der Waals surface area contributed by atoms with Crippen molar-refractivity contribution in [3.05, 3.63) is 29.8 Å². The summed E-state index contributed by atoms with van der Waals surface area (Å²) in [6, 6.07) is 7.30. The Kier molecular flexibility index (Phi) is 6.28. The van der Waals surface area contributed by atoms with Crippen molar-refractivity contribution in [2.75, 3.05) is 22.6 Å². The number of thioether (sulfide) groups is 1. The molecule has 1 fully saturated rings. The van der Waals surface area contributed by atoms with Crippen molar-refractivity contribution in [2.24, 2.45) is 0 Å². The maximum absolute atomic E-state index is 12.0. The van der Waals surface area contributed by atoms with Crippen LogP contribution in [0.4, 0.5) is 5.69 Å². The Morgan fingerprint density at radius 3 is 2.58 bits per heavy atom. The van der Waals surface area contributed by atoms with E-state index in [4.69, 9.17) is 4.74 Å². The van der Waals surface area contributed by atoms with E-state index in [2.05, 4.69) is 5.32 Å². The van der Waals surface area contributed by atoms with Gasteiger partial charge < -0.3 is 10.1 Å². The second-order valence-corrected chi connectivity index (χ2v) is 9.34. The minimum atomic E-state index is -2.95. The number of sulfone groups is 1. The first-order valence-electron chi connectivity index (χ1n) is 7.64. The zero-order valence-electron chi connectivity index (χ0n) is 13.7. The van der Waals surface area contributed by atoms with Crippen LogP contribution in [0.15, 0.2) is 24.3 Å². The van der Waals surface area contributed by atoms with Crippen molar-refractivity contribution in [1.29, 1.82) is 0 Å². The fraction of sp³-hybridized carbons (Fsp3) is 0.500. The summed E-state index contributed by atoms with van der Waals surface area (Å²) < 4.78 is 27.8. The van der Waals surface area contributed by atoms with E-state index in [0.29, 0.717) is 12.1 Å². The molecule has 1 aliphatic rings. The molecule has 2 rings (SSSR count). The van der Waals surface area contributed by atoms with Gasteiger partial charge in [-0.3, -0.25) is 9.59 Å². The molecule has 1 saturated heterocycles. The van der Waals surface area contributed by atoms with Gasteiger partial charge in [-0.15, -0.1) is 11.8 Å². The fourth-order valence-corrected chi connectivity index (χ4v) is 5.67. The molecule has 132 valence electrons. The fourth-order valence-electron chi connectivity index (χ4n) is 2.24. The van der Waals surface area contributed by atoms with E-state index in [9.17, 15) is 18.0 Å². The molecule has 0 radical (unpaired) electrons.